The van der Waals surface area contributed by atoms with Crippen LogP contribution in [-0.2, 0) is 4.74 Å². The van der Waals surface area contributed by atoms with Gasteiger partial charge in [0.15, 0.2) is 0 Å². The highest BCUT2D eigenvalue weighted by molar-refractivity contribution is 5.69. The third kappa shape index (κ3) is 3.14. The number of nitrogens with zero attached hydrogens (tertiary/aromatic N) is 2. The second-order valence-electron chi connectivity index (χ2n) is 6.40. The molecule has 5 heteroatoms. The van der Waals surface area contributed by atoms with Crippen LogP contribution in [-0.4, -0.2) is 67.3 Å². The fourth-order valence-electron chi connectivity index (χ4n) is 2.59. The molecule has 0 spiro atoms. The van der Waals surface area contributed by atoms with Crippen LogP contribution in [0.2, 0.25) is 0 Å². The van der Waals surface area contributed by atoms with Gasteiger partial charge < -0.3 is 19.9 Å². The van der Waals surface area contributed by atoms with Crippen LogP contribution in [0.3, 0.4) is 0 Å². The zero-order valence-corrected chi connectivity index (χ0v) is 11.9. The number of ether oxygens (including phenoxy) is 1. The van der Waals surface area contributed by atoms with Crippen molar-refractivity contribution in [2.75, 3.05) is 39.8 Å². The van der Waals surface area contributed by atoms with Gasteiger partial charge in [0.2, 0.25) is 0 Å². The van der Waals surface area contributed by atoms with Crippen molar-refractivity contribution in [1.29, 1.82) is 0 Å². The number of carbonyl (C=O) groups is 1. The Hall–Kier alpha value is -0.810. The second kappa shape index (κ2) is 5.05. The van der Waals surface area contributed by atoms with E-state index in [1.165, 1.54) is 0 Å². The number of amides is 1. The molecule has 0 aromatic heterocycles. The summed E-state index contributed by atoms with van der Waals surface area (Å²) in [6.45, 7) is 10.5. The minimum Gasteiger partial charge on any atom is -0.444 e. The Morgan fingerprint density at radius 3 is 2.56 bits per heavy atom. The molecule has 1 amide bonds. The normalized spacial score (nSPS) is 26.9. The van der Waals surface area contributed by atoms with Gasteiger partial charge in [-0.3, -0.25) is 0 Å². The largest absolute Gasteiger partial charge is 0.444 e. The zero-order chi connectivity index (χ0) is 13.3. The first-order chi connectivity index (χ1) is 8.37. The first-order valence-corrected chi connectivity index (χ1v) is 6.76. The van der Waals surface area contributed by atoms with Crippen molar-refractivity contribution in [2.24, 2.45) is 5.92 Å². The SMILES string of the molecule is CN1CCNCC1C1CN(C(=O)OC(C)(C)C)C1. The Kier molecular flexibility index (Phi) is 3.82. The van der Waals surface area contributed by atoms with Crippen LogP contribution in [0.25, 0.3) is 0 Å². The number of piperazine rings is 1. The smallest absolute Gasteiger partial charge is 0.410 e. The Bertz CT molecular complexity index is 308. The molecule has 0 bridgehead atoms. The van der Waals surface area contributed by atoms with E-state index in [9.17, 15) is 4.79 Å². The average Bonchev–Trinajstić information content (AvgIpc) is 2.15. The van der Waals surface area contributed by atoms with Gasteiger partial charge in [0.1, 0.15) is 5.60 Å². The fourth-order valence-corrected chi connectivity index (χ4v) is 2.59. The van der Waals surface area contributed by atoms with Gasteiger partial charge in [0.25, 0.3) is 0 Å². The topological polar surface area (TPSA) is 44.8 Å². The lowest BCUT2D eigenvalue weighted by atomic mass is 9.90. The molecule has 0 aliphatic carbocycles. The van der Waals surface area contributed by atoms with Crippen molar-refractivity contribution in [3.05, 3.63) is 0 Å². The number of hydrogen-bond acceptors (Lipinski definition) is 4. The summed E-state index contributed by atoms with van der Waals surface area (Å²) in [5.41, 5.74) is -0.397. The van der Waals surface area contributed by atoms with Crippen LogP contribution in [0, 0.1) is 5.92 Å². The van der Waals surface area contributed by atoms with Gasteiger partial charge in [0.05, 0.1) is 0 Å². The van der Waals surface area contributed by atoms with Gasteiger partial charge in [-0.1, -0.05) is 0 Å². The molecule has 0 aromatic carbocycles. The molecule has 2 aliphatic rings. The predicted octanol–water partition coefficient (Wildman–Crippen LogP) is 0.757. The lowest BCUT2D eigenvalue weighted by Gasteiger charge is -2.47. The molecule has 2 heterocycles. The molecule has 0 aromatic rings. The van der Waals surface area contributed by atoms with Crippen molar-refractivity contribution in [3.8, 4) is 0 Å². The first-order valence-electron chi connectivity index (χ1n) is 6.76. The lowest BCUT2D eigenvalue weighted by Crippen LogP contribution is -2.63. The van der Waals surface area contributed by atoms with E-state index in [0.717, 1.165) is 32.7 Å². The van der Waals surface area contributed by atoms with Crippen LogP contribution < -0.4 is 5.32 Å². The summed E-state index contributed by atoms with van der Waals surface area (Å²) >= 11 is 0. The standard InChI is InChI=1S/C13H25N3O2/c1-13(2,3)18-12(17)16-8-10(9-16)11-7-14-5-6-15(11)4/h10-11,14H,5-9H2,1-4H3. The molecule has 1 unspecified atom stereocenters. The summed E-state index contributed by atoms with van der Waals surface area (Å²) in [6, 6.07) is 0.553. The first kappa shape index (κ1) is 13.6. The number of likely N-dealkylation sites (N-methyl/N-ethyl adjacent to an activating group) is 1. The van der Waals surface area contributed by atoms with E-state index in [4.69, 9.17) is 4.74 Å². The van der Waals surface area contributed by atoms with Crippen molar-refractivity contribution in [1.82, 2.24) is 15.1 Å². The molecule has 1 atom stereocenters. The van der Waals surface area contributed by atoms with E-state index in [2.05, 4.69) is 17.3 Å². The van der Waals surface area contributed by atoms with E-state index >= 15 is 0 Å². The lowest BCUT2D eigenvalue weighted by molar-refractivity contribution is -0.0199. The van der Waals surface area contributed by atoms with Crippen LogP contribution in [0.5, 0.6) is 0 Å². The molecule has 104 valence electrons. The molecule has 1 N–H and O–H groups in total. The molecule has 18 heavy (non-hydrogen) atoms. The predicted molar refractivity (Wildman–Crippen MR) is 70.6 cm³/mol. The summed E-state index contributed by atoms with van der Waals surface area (Å²) in [6.07, 6.45) is -0.176. The molecular weight excluding hydrogens is 230 g/mol. The van der Waals surface area contributed by atoms with Gasteiger partial charge >= 0.3 is 6.09 Å². The Balaban J connectivity index is 1.78. The highest BCUT2D eigenvalue weighted by Gasteiger charge is 2.40. The van der Waals surface area contributed by atoms with Gasteiger partial charge in [-0.2, -0.15) is 0 Å². The number of rotatable bonds is 1. The highest BCUT2D eigenvalue weighted by Crippen LogP contribution is 2.25. The molecule has 2 aliphatic heterocycles. The Morgan fingerprint density at radius 1 is 1.33 bits per heavy atom. The van der Waals surface area contributed by atoms with Crippen LogP contribution in [0.4, 0.5) is 4.79 Å². The van der Waals surface area contributed by atoms with E-state index in [0.29, 0.717) is 12.0 Å². The van der Waals surface area contributed by atoms with Crippen LogP contribution >= 0.6 is 0 Å². The van der Waals surface area contributed by atoms with Gasteiger partial charge in [-0.05, 0) is 27.8 Å². The third-order valence-electron chi connectivity index (χ3n) is 3.67. The quantitative estimate of drug-likeness (QED) is 0.751. The molecular formula is C13H25N3O2. The fraction of sp³-hybridized carbons (Fsp3) is 0.923. The molecule has 5 nitrogen and oxygen atoms in total. The summed E-state index contributed by atoms with van der Waals surface area (Å²) in [7, 11) is 2.17. The van der Waals surface area contributed by atoms with Crippen LogP contribution in [0.1, 0.15) is 20.8 Å². The molecule has 2 rings (SSSR count). The number of nitrogens with one attached hydrogen (secondary N) is 1. The van der Waals surface area contributed by atoms with E-state index in [1.807, 2.05) is 20.8 Å². The molecule has 2 fully saturated rings. The Labute approximate surface area is 109 Å². The number of hydrogen-bond donors (Lipinski definition) is 1. The van der Waals surface area contributed by atoms with E-state index in [-0.39, 0.29) is 6.09 Å². The minimum absolute atomic E-state index is 0.176. The van der Waals surface area contributed by atoms with Crippen molar-refractivity contribution < 1.29 is 9.53 Å². The summed E-state index contributed by atoms with van der Waals surface area (Å²) in [5, 5.41) is 3.42. The molecule has 0 saturated carbocycles. The number of carbonyl (C=O) groups excluding carboxylic acids is 1. The Morgan fingerprint density at radius 2 is 2.00 bits per heavy atom. The maximum absolute atomic E-state index is 11.8. The van der Waals surface area contributed by atoms with Crippen LogP contribution in [0.15, 0.2) is 0 Å². The zero-order valence-electron chi connectivity index (χ0n) is 11.9. The maximum Gasteiger partial charge on any atom is 0.410 e. The van der Waals surface area contributed by atoms with E-state index in [1.54, 1.807) is 4.90 Å². The molecule has 2 saturated heterocycles. The van der Waals surface area contributed by atoms with Crippen molar-refractivity contribution >= 4 is 6.09 Å². The third-order valence-corrected chi connectivity index (χ3v) is 3.67. The molecule has 0 radical (unpaired) electrons. The van der Waals surface area contributed by atoms with Crippen molar-refractivity contribution in [3.63, 3.8) is 0 Å². The minimum atomic E-state index is -0.397. The van der Waals surface area contributed by atoms with Gasteiger partial charge in [0, 0.05) is 44.7 Å². The highest BCUT2D eigenvalue weighted by atomic mass is 16.6. The van der Waals surface area contributed by atoms with Gasteiger partial charge in [-0.15, -0.1) is 0 Å². The monoisotopic (exact) mass is 255 g/mol. The van der Waals surface area contributed by atoms with E-state index < -0.39 is 5.60 Å². The second-order valence-corrected chi connectivity index (χ2v) is 6.40. The van der Waals surface area contributed by atoms with Crippen molar-refractivity contribution in [2.45, 2.75) is 32.4 Å². The maximum atomic E-state index is 11.8. The summed E-state index contributed by atoms with van der Waals surface area (Å²) in [4.78, 5) is 16.0. The summed E-state index contributed by atoms with van der Waals surface area (Å²) in [5.74, 6) is 0.579. The average molecular weight is 255 g/mol. The summed E-state index contributed by atoms with van der Waals surface area (Å²) < 4.78 is 5.36. The van der Waals surface area contributed by atoms with Gasteiger partial charge in [-0.25, -0.2) is 4.79 Å². The number of likely N-dealkylation sites (tertiary alicyclic amines) is 1.